The molecule has 3 heteroatoms. The van der Waals surface area contributed by atoms with Crippen LogP contribution in [0, 0.1) is 0 Å². The van der Waals surface area contributed by atoms with Gasteiger partial charge in [0.15, 0.2) is 0 Å². The average Bonchev–Trinajstić information content (AvgIpc) is 3.26. The molecule has 2 aromatic carbocycles. The Labute approximate surface area is 397 Å². The van der Waals surface area contributed by atoms with Crippen LogP contribution >= 0.6 is 0 Å². The van der Waals surface area contributed by atoms with E-state index in [0.29, 0.717) is 0 Å². The fourth-order valence-electron chi connectivity index (χ4n) is 9.07. The largest absolute Gasteiger partial charge is 0.251 e. The number of aliphatic imine (C=N–C) groups is 2. The topological polar surface area (TPSA) is 24.7 Å². The summed E-state index contributed by atoms with van der Waals surface area (Å²) in [6, 6.07) is 13.9. The van der Waals surface area contributed by atoms with E-state index in [4.69, 9.17) is 9.98 Å². The van der Waals surface area contributed by atoms with Gasteiger partial charge in [-0.3, -0.25) is 4.99 Å². The van der Waals surface area contributed by atoms with Crippen LogP contribution in [-0.2, 0) is 42.2 Å². The van der Waals surface area contributed by atoms with Gasteiger partial charge in [-0.2, -0.15) is 0 Å². The summed E-state index contributed by atoms with van der Waals surface area (Å²) in [7, 11) is 0. The van der Waals surface area contributed by atoms with Gasteiger partial charge in [0.25, 0.3) is 0 Å². The predicted octanol–water partition coefficient (Wildman–Crippen LogP) is 20.2. The molecular weight excluding hydrogens is 795 g/mol. The number of allylic oxidation sites excluding steroid dienone is 2. The van der Waals surface area contributed by atoms with Crippen molar-refractivity contribution in [3.63, 3.8) is 0 Å². The zero-order valence-corrected chi connectivity index (χ0v) is 43.0. The second-order valence-corrected chi connectivity index (χ2v) is 18.7. The molecule has 0 unspecified atom stereocenters. The van der Waals surface area contributed by atoms with Gasteiger partial charge in [-0.15, -0.1) is 0 Å². The molecule has 0 bridgehead atoms. The maximum absolute atomic E-state index is 5.39. The number of hydrogen-bond acceptors (Lipinski definition) is 2. The summed E-state index contributed by atoms with van der Waals surface area (Å²) in [5, 5.41) is 0. The van der Waals surface area contributed by atoms with Crippen molar-refractivity contribution >= 4 is 22.8 Å². The third kappa shape index (κ3) is 28.7. The molecule has 0 fully saturated rings. The molecular formula is C59H100N2Ni. The van der Waals surface area contributed by atoms with Crippen LogP contribution in [0.2, 0.25) is 0 Å². The van der Waals surface area contributed by atoms with Crippen LogP contribution in [-0.4, -0.2) is 11.4 Å². The van der Waals surface area contributed by atoms with E-state index in [1.165, 1.54) is 196 Å². The van der Waals surface area contributed by atoms with E-state index in [1.54, 1.807) is 0 Å². The van der Waals surface area contributed by atoms with E-state index in [2.05, 4.69) is 90.1 Å². The summed E-state index contributed by atoms with van der Waals surface area (Å²) in [5.74, 6) is 0. The molecule has 0 atom stereocenters. The first-order valence-electron chi connectivity index (χ1n) is 27.2. The number of hydrogen-bond donors (Lipinski definition) is 0. The van der Waals surface area contributed by atoms with Crippen molar-refractivity contribution in [2.45, 2.75) is 279 Å². The molecule has 0 aromatic heterocycles. The van der Waals surface area contributed by atoms with Gasteiger partial charge in [0.05, 0.1) is 22.8 Å². The van der Waals surface area contributed by atoms with E-state index in [9.17, 15) is 0 Å². The molecule has 0 aliphatic carbocycles. The first kappa shape index (κ1) is 58.0. The predicted molar refractivity (Wildman–Crippen MR) is 277 cm³/mol. The Kier molecular flexibility index (Phi) is 39.0. The molecule has 0 spiro atoms. The van der Waals surface area contributed by atoms with Gasteiger partial charge in [-0.1, -0.05) is 246 Å². The minimum atomic E-state index is 0. The summed E-state index contributed by atoms with van der Waals surface area (Å²) >= 11 is 0. The van der Waals surface area contributed by atoms with Crippen LogP contribution < -0.4 is 0 Å². The van der Waals surface area contributed by atoms with Crippen molar-refractivity contribution in [3.8, 4) is 0 Å². The molecule has 2 nitrogen and oxygen atoms in total. The van der Waals surface area contributed by atoms with Crippen LogP contribution in [0.3, 0.4) is 0 Å². The third-order valence-electron chi connectivity index (χ3n) is 12.8. The fraction of sp³-hybridized carbons (Fsp3) is 0.729. The molecule has 0 saturated heterocycles. The number of aryl methyl sites for hydroxylation is 4. The molecule has 356 valence electrons. The smallest absolute Gasteiger partial charge is 0.0848 e. The maximum Gasteiger partial charge on any atom is 0.0848 e. The summed E-state index contributed by atoms with van der Waals surface area (Å²) in [5.41, 5.74) is 10.2. The van der Waals surface area contributed by atoms with Crippen molar-refractivity contribution in [2.24, 2.45) is 9.98 Å². The first-order chi connectivity index (χ1) is 30.1. The van der Waals surface area contributed by atoms with Crippen LogP contribution in [0.4, 0.5) is 11.4 Å². The normalized spacial score (nSPS) is 12.2. The molecule has 0 aliphatic heterocycles. The van der Waals surface area contributed by atoms with Gasteiger partial charge < -0.3 is 0 Å². The van der Waals surface area contributed by atoms with Gasteiger partial charge in [0, 0.05) is 16.5 Å². The summed E-state index contributed by atoms with van der Waals surface area (Å²) < 4.78 is 0. The van der Waals surface area contributed by atoms with Crippen molar-refractivity contribution in [3.05, 3.63) is 70.8 Å². The minimum absolute atomic E-state index is 0. The number of nitrogens with zero attached hydrogens (tertiary/aromatic N) is 2. The monoisotopic (exact) mass is 895 g/mol. The van der Waals surface area contributed by atoms with E-state index in [0.717, 1.165) is 87.0 Å². The number of rotatable bonds is 41. The molecule has 0 amide bonds. The van der Waals surface area contributed by atoms with Crippen molar-refractivity contribution in [1.29, 1.82) is 0 Å². The van der Waals surface area contributed by atoms with Gasteiger partial charge in [-0.25, -0.2) is 4.99 Å². The van der Waals surface area contributed by atoms with Crippen molar-refractivity contribution < 1.29 is 16.5 Å². The molecule has 0 saturated carbocycles. The number of unbranched alkanes of at least 4 members (excludes halogenated alkanes) is 26. The van der Waals surface area contributed by atoms with E-state index in [-0.39, 0.29) is 16.5 Å². The second kappa shape index (κ2) is 41.7. The van der Waals surface area contributed by atoms with E-state index in [1.807, 2.05) is 0 Å². The Balaban J connectivity index is 0.0000192. The standard InChI is InChI=1S/C59H100N2.Ni/c1-7-13-15-16-17-18-19-20-21-22-23-24-25-26-27-28-29-30-31-32-33-34-35-36-37-38-39-45-59(61-57-49-47-53(41-10-4)55(51-57)43-12-6)58(44-14-8-2)60-56-48-46-52(40-9-3)54(50-56)42-11-5;/h39,45-51H,7-38,40-44H2,1-6H3;/b45-39+,60-58?,61-59?;. The Bertz CT molecular complexity index is 1420. The van der Waals surface area contributed by atoms with Gasteiger partial charge in [-0.05, 0) is 104 Å². The van der Waals surface area contributed by atoms with E-state index < -0.39 is 0 Å². The minimum Gasteiger partial charge on any atom is -0.251 e. The molecule has 0 aliphatic rings. The molecule has 62 heavy (non-hydrogen) atoms. The quantitative estimate of drug-likeness (QED) is 0.0361. The van der Waals surface area contributed by atoms with Crippen molar-refractivity contribution in [2.75, 3.05) is 0 Å². The van der Waals surface area contributed by atoms with Gasteiger partial charge >= 0.3 is 0 Å². The van der Waals surface area contributed by atoms with E-state index >= 15 is 0 Å². The summed E-state index contributed by atoms with van der Waals surface area (Å²) in [6.45, 7) is 13.7. The average molecular weight is 896 g/mol. The van der Waals surface area contributed by atoms with Crippen molar-refractivity contribution in [1.82, 2.24) is 0 Å². The third-order valence-corrected chi connectivity index (χ3v) is 12.8. The molecule has 0 heterocycles. The van der Waals surface area contributed by atoms with Crippen LogP contribution in [0.5, 0.6) is 0 Å². The zero-order valence-electron chi connectivity index (χ0n) is 42.0. The van der Waals surface area contributed by atoms with Gasteiger partial charge in [0.2, 0.25) is 0 Å². The SMILES string of the molecule is CCCCCCCCCCCCCCCCCCCCCCCCCCC/C=C/C(=Nc1ccc(CCC)c(CCC)c1)C(CCCC)=Nc1ccc(CCC)c(CCC)c1.[Ni]. The molecule has 2 rings (SSSR count). The first-order valence-corrected chi connectivity index (χ1v) is 27.2. The second-order valence-electron chi connectivity index (χ2n) is 18.7. The zero-order chi connectivity index (χ0) is 43.9. The molecule has 0 N–H and O–H groups in total. The van der Waals surface area contributed by atoms with Crippen LogP contribution in [0.15, 0.2) is 58.5 Å². The van der Waals surface area contributed by atoms with Gasteiger partial charge in [0.1, 0.15) is 0 Å². The Morgan fingerprint density at radius 3 is 1.08 bits per heavy atom. The Morgan fingerprint density at radius 1 is 0.371 bits per heavy atom. The Hall–Kier alpha value is -1.99. The summed E-state index contributed by atoms with van der Waals surface area (Å²) in [4.78, 5) is 10.8. The molecule has 0 radical (unpaired) electrons. The fourth-order valence-corrected chi connectivity index (χ4v) is 9.07. The number of benzene rings is 2. The summed E-state index contributed by atoms with van der Waals surface area (Å²) in [6.07, 6.45) is 54.2. The maximum atomic E-state index is 5.39. The van der Waals surface area contributed by atoms with Crippen LogP contribution in [0.1, 0.15) is 276 Å². The molecule has 2 aromatic rings. The van der Waals surface area contributed by atoms with Crippen LogP contribution in [0.25, 0.3) is 0 Å². The Morgan fingerprint density at radius 2 is 0.710 bits per heavy atom.